The summed E-state index contributed by atoms with van der Waals surface area (Å²) < 4.78 is 0. The Morgan fingerprint density at radius 3 is 2.93 bits per heavy atom. The van der Waals surface area contributed by atoms with E-state index in [1.807, 2.05) is 30.3 Å². The number of aromatic amines is 1. The maximum absolute atomic E-state index is 10.6. The van der Waals surface area contributed by atoms with Crippen LogP contribution in [0.4, 0.5) is 0 Å². The van der Waals surface area contributed by atoms with Gasteiger partial charge in [-0.15, -0.1) is 0 Å². The summed E-state index contributed by atoms with van der Waals surface area (Å²) in [6.45, 7) is 3.20. The topological polar surface area (TPSA) is 56.3 Å². The van der Waals surface area contributed by atoms with Crippen LogP contribution < -0.4 is 0 Å². The summed E-state index contributed by atoms with van der Waals surface area (Å²) in [6, 6.07) is 4.00. The highest BCUT2D eigenvalue weighted by Crippen LogP contribution is 2.01. The van der Waals surface area contributed by atoms with Gasteiger partial charge >= 0.3 is 5.97 Å². The molecule has 4 nitrogen and oxygen atoms in total. The minimum absolute atomic E-state index is 0.307. The van der Waals surface area contributed by atoms with E-state index in [9.17, 15) is 4.79 Å². The van der Waals surface area contributed by atoms with Crippen LogP contribution in [0.15, 0.2) is 18.3 Å². The van der Waals surface area contributed by atoms with Gasteiger partial charge in [-0.2, -0.15) is 0 Å². The molecule has 84 valence electrons. The maximum Gasteiger partial charge on any atom is 0.307 e. The van der Waals surface area contributed by atoms with E-state index in [0.29, 0.717) is 6.54 Å². The Kier molecular flexibility index (Phi) is 4.37. The van der Waals surface area contributed by atoms with Crippen LogP contribution in [-0.4, -0.2) is 41.1 Å². The molecular weight excluding hydrogens is 192 g/mol. The van der Waals surface area contributed by atoms with Crippen molar-refractivity contribution in [3.8, 4) is 0 Å². The molecule has 1 atom stereocenters. The molecular formula is C11H18N2O2. The number of hydrogen-bond donors (Lipinski definition) is 2. The lowest BCUT2D eigenvalue weighted by Gasteiger charge is -2.18. The molecule has 0 aliphatic heterocycles. The molecule has 1 unspecified atom stereocenters. The number of carboxylic acid groups (broad SMARTS) is 1. The fourth-order valence-electron chi connectivity index (χ4n) is 1.47. The number of rotatable bonds is 6. The van der Waals surface area contributed by atoms with Crippen molar-refractivity contribution in [1.29, 1.82) is 0 Å². The van der Waals surface area contributed by atoms with Crippen molar-refractivity contribution in [1.82, 2.24) is 9.88 Å². The SMILES string of the molecule is CC(CN(C)CCc1ccc[nH]1)C(=O)O. The van der Waals surface area contributed by atoms with Crippen LogP contribution in [0, 0.1) is 5.92 Å². The Balaban J connectivity index is 2.24. The summed E-state index contributed by atoms with van der Waals surface area (Å²) in [5.74, 6) is -1.04. The van der Waals surface area contributed by atoms with Gasteiger partial charge < -0.3 is 15.0 Å². The van der Waals surface area contributed by atoms with Crippen molar-refractivity contribution in [2.24, 2.45) is 5.92 Å². The van der Waals surface area contributed by atoms with Crippen molar-refractivity contribution in [3.05, 3.63) is 24.0 Å². The van der Waals surface area contributed by atoms with Crippen LogP contribution >= 0.6 is 0 Å². The number of hydrogen-bond acceptors (Lipinski definition) is 2. The Morgan fingerprint density at radius 2 is 2.40 bits per heavy atom. The van der Waals surface area contributed by atoms with E-state index >= 15 is 0 Å². The standard InChI is InChI=1S/C11H18N2O2/c1-9(11(14)15)8-13(2)7-5-10-4-3-6-12-10/h3-4,6,9,12H,5,7-8H2,1-2H3,(H,14,15). The van der Waals surface area contributed by atoms with Gasteiger partial charge in [0.15, 0.2) is 0 Å². The molecule has 15 heavy (non-hydrogen) atoms. The summed E-state index contributed by atoms with van der Waals surface area (Å²) in [6.07, 6.45) is 2.82. The molecule has 0 aliphatic carbocycles. The quantitative estimate of drug-likeness (QED) is 0.742. The summed E-state index contributed by atoms with van der Waals surface area (Å²) >= 11 is 0. The molecule has 1 aromatic heterocycles. The minimum Gasteiger partial charge on any atom is -0.481 e. The second kappa shape index (κ2) is 5.56. The molecule has 0 aliphatic rings. The first-order valence-electron chi connectivity index (χ1n) is 5.13. The second-order valence-electron chi connectivity index (χ2n) is 3.95. The van der Waals surface area contributed by atoms with Gasteiger partial charge in [-0.05, 0) is 19.2 Å². The van der Waals surface area contributed by atoms with Gasteiger partial charge in [0.25, 0.3) is 0 Å². The zero-order chi connectivity index (χ0) is 11.3. The number of H-pyrrole nitrogens is 1. The number of nitrogens with one attached hydrogen (secondary N) is 1. The Hall–Kier alpha value is -1.29. The van der Waals surface area contributed by atoms with Gasteiger partial charge in [-0.3, -0.25) is 4.79 Å². The molecule has 0 aromatic carbocycles. The molecule has 2 N–H and O–H groups in total. The first-order chi connectivity index (χ1) is 7.09. The average molecular weight is 210 g/mol. The Morgan fingerprint density at radius 1 is 1.67 bits per heavy atom. The van der Waals surface area contributed by atoms with Crippen molar-refractivity contribution < 1.29 is 9.90 Å². The predicted octanol–water partition coefficient (Wildman–Crippen LogP) is 1.21. The van der Waals surface area contributed by atoms with Crippen LogP contribution in [0.25, 0.3) is 0 Å². The van der Waals surface area contributed by atoms with Gasteiger partial charge in [0, 0.05) is 31.4 Å². The third-order valence-corrected chi connectivity index (χ3v) is 2.43. The number of carboxylic acids is 1. The van der Waals surface area contributed by atoms with Crippen LogP contribution in [0.3, 0.4) is 0 Å². The normalized spacial score (nSPS) is 13.0. The molecule has 0 radical (unpaired) electrons. The highest BCUT2D eigenvalue weighted by atomic mass is 16.4. The molecule has 0 spiro atoms. The van der Waals surface area contributed by atoms with E-state index in [-0.39, 0.29) is 5.92 Å². The lowest BCUT2D eigenvalue weighted by Crippen LogP contribution is -2.30. The van der Waals surface area contributed by atoms with E-state index in [2.05, 4.69) is 4.98 Å². The zero-order valence-electron chi connectivity index (χ0n) is 9.23. The number of aliphatic carboxylic acids is 1. The molecule has 0 saturated heterocycles. The smallest absolute Gasteiger partial charge is 0.307 e. The van der Waals surface area contributed by atoms with Crippen molar-refractivity contribution in [2.75, 3.05) is 20.1 Å². The third kappa shape index (κ3) is 4.16. The number of aromatic nitrogens is 1. The molecule has 0 saturated carbocycles. The van der Waals surface area contributed by atoms with Gasteiger partial charge in [0.1, 0.15) is 0 Å². The van der Waals surface area contributed by atoms with Crippen molar-refractivity contribution in [3.63, 3.8) is 0 Å². The largest absolute Gasteiger partial charge is 0.481 e. The predicted molar refractivity (Wildman–Crippen MR) is 58.8 cm³/mol. The maximum atomic E-state index is 10.6. The summed E-state index contributed by atoms with van der Waals surface area (Å²) in [4.78, 5) is 15.8. The minimum atomic E-state index is -0.735. The van der Waals surface area contributed by atoms with Crippen molar-refractivity contribution >= 4 is 5.97 Å². The van der Waals surface area contributed by atoms with E-state index in [0.717, 1.165) is 13.0 Å². The highest BCUT2D eigenvalue weighted by molar-refractivity contribution is 5.69. The van der Waals surface area contributed by atoms with E-state index < -0.39 is 5.97 Å². The lowest BCUT2D eigenvalue weighted by atomic mass is 10.1. The lowest BCUT2D eigenvalue weighted by molar-refractivity contribution is -0.141. The van der Waals surface area contributed by atoms with E-state index in [1.165, 1.54) is 5.69 Å². The van der Waals surface area contributed by atoms with Gasteiger partial charge in [0.2, 0.25) is 0 Å². The molecule has 0 amide bonds. The highest BCUT2D eigenvalue weighted by Gasteiger charge is 2.13. The number of likely N-dealkylation sites (N-methyl/N-ethyl adjacent to an activating group) is 1. The number of carbonyl (C=O) groups is 1. The van der Waals surface area contributed by atoms with Crippen LogP contribution in [0.1, 0.15) is 12.6 Å². The fourth-order valence-corrected chi connectivity index (χ4v) is 1.47. The first-order valence-corrected chi connectivity index (χ1v) is 5.13. The zero-order valence-corrected chi connectivity index (χ0v) is 9.23. The Labute approximate surface area is 89.9 Å². The molecule has 1 heterocycles. The molecule has 0 bridgehead atoms. The first kappa shape index (κ1) is 11.8. The van der Waals surface area contributed by atoms with Crippen LogP contribution in [0.2, 0.25) is 0 Å². The van der Waals surface area contributed by atoms with Gasteiger partial charge in [-0.25, -0.2) is 0 Å². The van der Waals surface area contributed by atoms with E-state index in [4.69, 9.17) is 5.11 Å². The Bertz CT molecular complexity index is 296. The van der Waals surface area contributed by atoms with Gasteiger partial charge in [0.05, 0.1) is 5.92 Å². The second-order valence-corrected chi connectivity index (χ2v) is 3.95. The molecule has 4 heteroatoms. The summed E-state index contributed by atoms with van der Waals surface area (Å²) in [5, 5.41) is 8.75. The van der Waals surface area contributed by atoms with Crippen LogP contribution in [-0.2, 0) is 11.2 Å². The average Bonchev–Trinajstić information content (AvgIpc) is 2.66. The van der Waals surface area contributed by atoms with Gasteiger partial charge in [-0.1, -0.05) is 6.92 Å². The molecule has 1 rings (SSSR count). The van der Waals surface area contributed by atoms with Crippen molar-refractivity contribution in [2.45, 2.75) is 13.3 Å². The summed E-state index contributed by atoms with van der Waals surface area (Å²) in [7, 11) is 1.95. The van der Waals surface area contributed by atoms with E-state index in [1.54, 1.807) is 6.92 Å². The third-order valence-electron chi connectivity index (χ3n) is 2.43. The molecule has 1 aromatic rings. The van der Waals surface area contributed by atoms with Crippen LogP contribution in [0.5, 0.6) is 0 Å². The summed E-state index contributed by atoms with van der Waals surface area (Å²) in [5.41, 5.74) is 1.19. The fraction of sp³-hybridized carbons (Fsp3) is 0.545. The monoisotopic (exact) mass is 210 g/mol. The molecule has 0 fully saturated rings. The number of nitrogens with zero attached hydrogens (tertiary/aromatic N) is 1.